The molecular formula is C17H18ClNO3. The van der Waals surface area contributed by atoms with Gasteiger partial charge in [-0.05, 0) is 35.4 Å². The van der Waals surface area contributed by atoms with Crippen LogP contribution in [0, 0.1) is 0 Å². The highest BCUT2D eigenvalue weighted by Crippen LogP contribution is 2.15. The van der Waals surface area contributed by atoms with Crippen molar-refractivity contribution in [2.24, 2.45) is 0 Å². The first-order valence-corrected chi connectivity index (χ1v) is 7.39. The van der Waals surface area contributed by atoms with Gasteiger partial charge in [0.25, 0.3) is 0 Å². The monoisotopic (exact) mass is 319 g/mol. The molecule has 0 radical (unpaired) electrons. The maximum Gasteiger partial charge on any atom is 0.223 e. The average molecular weight is 320 g/mol. The average Bonchev–Trinajstić information content (AvgIpc) is 2.55. The zero-order valence-corrected chi connectivity index (χ0v) is 12.8. The summed E-state index contributed by atoms with van der Waals surface area (Å²) in [5.74, 6) is 0.588. The number of aliphatic hydroxyl groups excluding tert-OH is 1. The van der Waals surface area contributed by atoms with E-state index in [1.165, 1.54) is 0 Å². The van der Waals surface area contributed by atoms with E-state index in [0.29, 0.717) is 23.9 Å². The van der Waals surface area contributed by atoms with Crippen molar-refractivity contribution in [2.75, 3.05) is 6.61 Å². The van der Waals surface area contributed by atoms with Gasteiger partial charge >= 0.3 is 0 Å². The highest BCUT2D eigenvalue weighted by Gasteiger charge is 2.05. The van der Waals surface area contributed by atoms with Crippen LogP contribution in [0.1, 0.15) is 17.5 Å². The third kappa shape index (κ3) is 5.06. The van der Waals surface area contributed by atoms with E-state index in [4.69, 9.17) is 16.3 Å². The Kier molecular flexibility index (Phi) is 6.25. The summed E-state index contributed by atoms with van der Waals surface area (Å²) in [6.07, 6.45) is 0.268. The second-order valence-electron chi connectivity index (χ2n) is 4.76. The van der Waals surface area contributed by atoms with E-state index < -0.39 is 0 Å². The lowest BCUT2D eigenvalue weighted by Crippen LogP contribution is -2.25. The SMILES string of the molecule is O=C(CCOc1ccc(Cl)cc1)NCc1ccccc1CO. The number of nitrogens with one attached hydrogen (secondary N) is 1. The molecule has 5 heteroatoms. The molecule has 2 rings (SSSR count). The predicted molar refractivity (Wildman–Crippen MR) is 85.8 cm³/mol. The fraction of sp³-hybridized carbons (Fsp3) is 0.235. The van der Waals surface area contributed by atoms with Crippen LogP contribution in [0.2, 0.25) is 5.02 Å². The molecule has 0 saturated heterocycles. The van der Waals surface area contributed by atoms with Gasteiger partial charge in [0, 0.05) is 11.6 Å². The van der Waals surface area contributed by atoms with Crippen molar-refractivity contribution in [3.8, 4) is 5.75 Å². The maximum absolute atomic E-state index is 11.8. The zero-order valence-electron chi connectivity index (χ0n) is 12.1. The molecule has 0 bridgehead atoms. The molecule has 0 aliphatic carbocycles. The molecule has 0 spiro atoms. The molecule has 0 fully saturated rings. The zero-order chi connectivity index (χ0) is 15.8. The predicted octanol–water partition coefficient (Wildman–Crippen LogP) is 2.92. The van der Waals surface area contributed by atoms with Crippen LogP contribution in [0.5, 0.6) is 5.75 Å². The second kappa shape index (κ2) is 8.41. The summed E-state index contributed by atoms with van der Waals surface area (Å²) >= 11 is 5.78. The Morgan fingerprint density at radius 2 is 1.77 bits per heavy atom. The summed E-state index contributed by atoms with van der Waals surface area (Å²) in [5, 5.41) is 12.7. The van der Waals surface area contributed by atoms with Crippen molar-refractivity contribution in [3.63, 3.8) is 0 Å². The van der Waals surface area contributed by atoms with Crippen molar-refractivity contribution in [3.05, 3.63) is 64.7 Å². The number of halogens is 1. The number of hydrogen-bond donors (Lipinski definition) is 2. The number of rotatable bonds is 7. The number of amides is 1. The Hall–Kier alpha value is -2.04. The highest BCUT2D eigenvalue weighted by molar-refractivity contribution is 6.30. The van der Waals surface area contributed by atoms with Crippen LogP contribution >= 0.6 is 11.6 Å². The molecule has 2 aromatic carbocycles. The van der Waals surface area contributed by atoms with Crippen molar-refractivity contribution in [1.82, 2.24) is 5.32 Å². The van der Waals surface area contributed by atoms with E-state index in [1.54, 1.807) is 24.3 Å². The minimum atomic E-state index is -0.0956. The first kappa shape index (κ1) is 16.3. The number of benzene rings is 2. The lowest BCUT2D eigenvalue weighted by atomic mass is 10.1. The van der Waals surface area contributed by atoms with Crippen molar-refractivity contribution in [1.29, 1.82) is 0 Å². The smallest absolute Gasteiger partial charge is 0.223 e. The van der Waals surface area contributed by atoms with Gasteiger partial charge in [-0.25, -0.2) is 0 Å². The van der Waals surface area contributed by atoms with Crippen molar-refractivity contribution >= 4 is 17.5 Å². The minimum Gasteiger partial charge on any atom is -0.493 e. The maximum atomic E-state index is 11.8. The third-order valence-corrected chi connectivity index (χ3v) is 3.43. The minimum absolute atomic E-state index is 0.0360. The first-order valence-electron chi connectivity index (χ1n) is 7.02. The number of ether oxygens (including phenoxy) is 1. The van der Waals surface area contributed by atoms with E-state index in [-0.39, 0.29) is 18.9 Å². The van der Waals surface area contributed by atoms with E-state index >= 15 is 0 Å². The lowest BCUT2D eigenvalue weighted by molar-refractivity contribution is -0.121. The van der Waals surface area contributed by atoms with Crippen molar-refractivity contribution < 1.29 is 14.6 Å². The highest BCUT2D eigenvalue weighted by atomic mass is 35.5. The Balaban J connectivity index is 1.73. The summed E-state index contributed by atoms with van der Waals surface area (Å²) in [4.78, 5) is 11.8. The van der Waals surface area contributed by atoms with Crippen LogP contribution in [0.3, 0.4) is 0 Å². The van der Waals surface area contributed by atoms with E-state index in [0.717, 1.165) is 11.1 Å². The fourth-order valence-electron chi connectivity index (χ4n) is 1.96. The molecule has 2 N–H and O–H groups in total. The molecule has 0 aromatic heterocycles. The first-order chi connectivity index (χ1) is 10.7. The quantitative estimate of drug-likeness (QED) is 0.825. The number of hydrogen-bond acceptors (Lipinski definition) is 3. The van der Waals surface area contributed by atoms with Crippen LogP contribution in [0.15, 0.2) is 48.5 Å². The Labute approximate surface area is 134 Å². The Bertz CT molecular complexity index is 614. The summed E-state index contributed by atoms with van der Waals surface area (Å²) in [7, 11) is 0. The molecule has 0 saturated carbocycles. The molecule has 0 heterocycles. The molecular weight excluding hydrogens is 302 g/mol. The Morgan fingerprint density at radius 3 is 2.45 bits per heavy atom. The molecule has 0 aliphatic rings. The largest absolute Gasteiger partial charge is 0.493 e. The van der Waals surface area contributed by atoms with Gasteiger partial charge in [-0.3, -0.25) is 4.79 Å². The molecule has 116 valence electrons. The standard InChI is InChI=1S/C17H18ClNO3/c18-15-5-7-16(8-6-15)22-10-9-17(21)19-11-13-3-1-2-4-14(13)12-20/h1-8,20H,9-12H2,(H,19,21). The van der Waals surface area contributed by atoms with Gasteiger partial charge in [0.1, 0.15) is 5.75 Å². The van der Waals surface area contributed by atoms with Crippen LogP contribution < -0.4 is 10.1 Å². The van der Waals surface area contributed by atoms with Gasteiger partial charge in [-0.1, -0.05) is 35.9 Å². The third-order valence-electron chi connectivity index (χ3n) is 3.18. The van der Waals surface area contributed by atoms with Gasteiger partial charge in [-0.15, -0.1) is 0 Å². The van der Waals surface area contributed by atoms with E-state index in [9.17, 15) is 9.90 Å². The van der Waals surface area contributed by atoms with Crippen LogP contribution in [0.4, 0.5) is 0 Å². The molecule has 22 heavy (non-hydrogen) atoms. The molecule has 2 aromatic rings. The van der Waals surface area contributed by atoms with E-state index in [1.807, 2.05) is 24.3 Å². The lowest BCUT2D eigenvalue weighted by Gasteiger charge is -2.09. The Morgan fingerprint density at radius 1 is 1.09 bits per heavy atom. The summed E-state index contributed by atoms with van der Waals surface area (Å²) < 4.78 is 5.47. The van der Waals surface area contributed by atoms with Gasteiger partial charge < -0.3 is 15.2 Å². The summed E-state index contributed by atoms with van der Waals surface area (Å²) in [5.41, 5.74) is 1.73. The normalized spacial score (nSPS) is 10.3. The van der Waals surface area contributed by atoms with Gasteiger partial charge in [0.15, 0.2) is 0 Å². The number of carbonyl (C=O) groups is 1. The van der Waals surface area contributed by atoms with Crippen molar-refractivity contribution in [2.45, 2.75) is 19.6 Å². The fourth-order valence-corrected chi connectivity index (χ4v) is 2.08. The van der Waals surface area contributed by atoms with Crippen LogP contribution in [-0.2, 0) is 17.9 Å². The molecule has 0 atom stereocenters. The van der Waals surface area contributed by atoms with Crippen LogP contribution in [-0.4, -0.2) is 17.6 Å². The second-order valence-corrected chi connectivity index (χ2v) is 5.19. The topological polar surface area (TPSA) is 58.6 Å². The molecule has 0 aliphatic heterocycles. The molecule has 0 unspecified atom stereocenters. The van der Waals surface area contributed by atoms with E-state index in [2.05, 4.69) is 5.32 Å². The van der Waals surface area contributed by atoms with Gasteiger partial charge in [0.2, 0.25) is 5.91 Å². The number of carbonyl (C=O) groups excluding carboxylic acids is 1. The molecule has 1 amide bonds. The summed E-state index contributed by atoms with van der Waals surface area (Å²) in [6.45, 7) is 0.664. The van der Waals surface area contributed by atoms with Crippen LogP contribution in [0.25, 0.3) is 0 Å². The van der Waals surface area contributed by atoms with Gasteiger partial charge in [-0.2, -0.15) is 0 Å². The van der Waals surface area contributed by atoms with Gasteiger partial charge in [0.05, 0.1) is 19.6 Å². The molecule has 4 nitrogen and oxygen atoms in total. The number of aliphatic hydroxyl groups is 1. The summed E-state index contributed by atoms with van der Waals surface area (Å²) in [6, 6.07) is 14.5.